The molecular weight excluding hydrogens is 1300 g/mol. The molecule has 34 N–H and O–H groups in total. The van der Waals surface area contributed by atoms with Crippen molar-refractivity contribution in [3.63, 3.8) is 0 Å². The van der Waals surface area contributed by atoms with Gasteiger partial charge in [-0.1, -0.05) is 13.8 Å². The lowest BCUT2D eigenvalue weighted by molar-refractivity contribution is -0.148. The summed E-state index contributed by atoms with van der Waals surface area (Å²) in [5.74, 6) is -9.98. The lowest BCUT2D eigenvalue weighted by atomic mass is 10.0. The molecule has 2 rings (SSSR count). The summed E-state index contributed by atoms with van der Waals surface area (Å²) in [7, 11) is 0. The highest BCUT2D eigenvalue weighted by atomic mass is 16.4. The van der Waals surface area contributed by atoms with Crippen molar-refractivity contribution < 1.29 is 63.0 Å². The highest BCUT2D eigenvalue weighted by molar-refractivity contribution is 5.99. The minimum atomic E-state index is -1.66. The number of likely N-dealkylation sites (tertiary alicyclic amines) is 2. The van der Waals surface area contributed by atoms with E-state index in [4.69, 9.17) is 68.8 Å². The molecule has 39 nitrogen and oxygen atoms in total. The molecule has 11 atom stereocenters. The van der Waals surface area contributed by atoms with Crippen LogP contribution >= 0.6 is 0 Å². The van der Waals surface area contributed by atoms with Gasteiger partial charge in [-0.15, -0.1) is 0 Å². The summed E-state index contributed by atoms with van der Waals surface area (Å²) >= 11 is 0. The smallest absolute Gasteiger partial charge is 0.326 e. The van der Waals surface area contributed by atoms with Crippen LogP contribution in [0.5, 0.6) is 0 Å². The van der Waals surface area contributed by atoms with Crippen LogP contribution in [0.1, 0.15) is 155 Å². The van der Waals surface area contributed by atoms with E-state index in [0.29, 0.717) is 57.8 Å². The van der Waals surface area contributed by atoms with Crippen molar-refractivity contribution >= 4 is 88.9 Å². The number of aliphatic hydroxyl groups is 1. The number of nitrogens with one attached hydrogen (secondary N) is 8. The zero-order valence-electron chi connectivity index (χ0n) is 58.1. The van der Waals surface area contributed by atoms with Crippen molar-refractivity contribution in [2.24, 2.45) is 94.7 Å². The molecule has 2 aliphatic rings. The number of carbonyl (C=O) groups is 11. The quantitative estimate of drug-likeness (QED) is 0.0153. The second kappa shape index (κ2) is 47.9. The van der Waals surface area contributed by atoms with Gasteiger partial charge in [-0.3, -0.25) is 67.9 Å². The van der Waals surface area contributed by atoms with Crippen molar-refractivity contribution in [1.82, 2.24) is 52.3 Å². The van der Waals surface area contributed by atoms with Gasteiger partial charge in [-0.25, -0.2) is 4.79 Å². The molecule has 2 heterocycles. The second-order valence-corrected chi connectivity index (χ2v) is 25.3. The molecule has 39 heteroatoms. The Hall–Kier alpha value is -8.95. The number of aliphatic hydroxyl groups excluding tert-OH is 1. The van der Waals surface area contributed by atoms with Crippen LogP contribution in [-0.4, -0.2) is 241 Å². The number of amides is 10. The van der Waals surface area contributed by atoms with Gasteiger partial charge < -0.3 is 131 Å². The summed E-state index contributed by atoms with van der Waals surface area (Å²) in [6.45, 7) is 4.00. The molecule has 0 spiro atoms. The fraction of sp³-hybridized carbons (Fsp3) is 0.754. The fourth-order valence-corrected chi connectivity index (χ4v) is 11.3. The first-order valence-corrected chi connectivity index (χ1v) is 34.4. The summed E-state index contributed by atoms with van der Waals surface area (Å²) in [6, 6.07) is -14.2. The second-order valence-electron chi connectivity index (χ2n) is 25.3. The van der Waals surface area contributed by atoms with Crippen molar-refractivity contribution in [2.45, 2.75) is 222 Å². The number of carboxylic acid groups (broad SMARTS) is 1. The van der Waals surface area contributed by atoms with Gasteiger partial charge in [0, 0.05) is 39.3 Å². The summed E-state index contributed by atoms with van der Waals surface area (Å²) in [6.07, 6.45) is 4.49. The zero-order chi connectivity index (χ0) is 74.9. The van der Waals surface area contributed by atoms with Crippen LogP contribution in [0.2, 0.25) is 0 Å². The van der Waals surface area contributed by atoms with Crippen LogP contribution in [-0.2, 0) is 52.7 Å². The van der Waals surface area contributed by atoms with Crippen LogP contribution in [0.4, 0.5) is 0 Å². The van der Waals surface area contributed by atoms with E-state index in [1.54, 1.807) is 13.8 Å². The predicted molar refractivity (Wildman–Crippen MR) is 375 cm³/mol. The molecule has 2 fully saturated rings. The monoisotopic (exact) mass is 1420 g/mol. The third-order valence-corrected chi connectivity index (χ3v) is 16.6. The van der Waals surface area contributed by atoms with E-state index in [2.05, 4.69) is 62.5 Å². The third-order valence-electron chi connectivity index (χ3n) is 16.6. The summed E-state index contributed by atoms with van der Waals surface area (Å²) in [4.78, 5) is 173. The number of aliphatic imine (C=N–C) groups is 4. The molecular formula is C61H116N26O13. The van der Waals surface area contributed by atoms with E-state index in [0.717, 1.165) is 0 Å². The maximum absolute atomic E-state index is 14.9. The minimum absolute atomic E-state index is 0.000497. The number of hydrogen-bond donors (Lipinski definition) is 22. The topological polar surface area (TPSA) is 693 Å². The lowest BCUT2D eigenvalue weighted by Gasteiger charge is -2.34. The van der Waals surface area contributed by atoms with E-state index in [9.17, 15) is 63.0 Å². The van der Waals surface area contributed by atoms with Crippen LogP contribution in [0, 0.1) is 5.92 Å². The predicted octanol–water partition coefficient (Wildman–Crippen LogP) is -8.10. The molecule has 0 aromatic carbocycles. The van der Waals surface area contributed by atoms with Gasteiger partial charge in [-0.2, -0.15) is 0 Å². The Labute approximate surface area is 584 Å². The van der Waals surface area contributed by atoms with E-state index >= 15 is 0 Å². The van der Waals surface area contributed by atoms with Gasteiger partial charge in [0.15, 0.2) is 23.8 Å². The molecule has 100 heavy (non-hydrogen) atoms. The Morgan fingerprint density at radius 3 is 1.14 bits per heavy atom. The number of rotatable bonds is 50. The molecule has 10 amide bonds. The highest BCUT2D eigenvalue weighted by Crippen LogP contribution is 2.27. The maximum Gasteiger partial charge on any atom is 0.326 e. The average molecular weight is 1420 g/mol. The molecule has 0 aromatic heterocycles. The highest BCUT2D eigenvalue weighted by Gasteiger charge is 2.45. The number of aliphatic carboxylic acids is 1. The van der Waals surface area contributed by atoms with Gasteiger partial charge in [-0.05, 0) is 167 Å². The van der Waals surface area contributed by atoms with Crippen molar-refractivity contribution in [3.8, 4) is 0 Å². The third kappa shape index (κ3) is 33.3. The number of guanidine groups is 4. The van der Waals surface area contributed by atoms with Crippen LogP contribution in [0.3, 0.4) is 0 Å². The van der Waals surface area contributed by atoms with Crippen molar-refractivity contribution in [2.75, 3.05) is 65.5 Å². The molecule has 0 radical (unpaired) electrons. The maximum atomic E-state index is 14.9. The van der Waals surface area contributed by atoms with Crippen LogP contribution in [0.15, 0.2) is 20.0 Å². The Kier molecular flexibility index (Phi) is 41.8. The SMILES string of the molecule is CC(C)C[C@H](NC(=O)[C@H](CCCN=C(N)N)NC(=O)[C@H](CCCN=C(N)N)NC(=O)[C@@H](N)CCCN=C(N)N)C(=O)N[C@@H](CCCCN)C(=O)N1CCC[C@H]1C(=O)N1CCC[C@H]1C(=O)N[C@@H](CO)C(=O)N[C@@H](CCCCN)C(=O)N[C@@H](CCCCN)C(=O)N[C@@H](CCCN=C(N)N)C(=O)O. The largest absolute Gasteiger partial charge is 0.480 e. The van der Waals surface area contributed by atoms with Gasteiger partial charge in [0.05, 0.1) is 12.6 Å². The zero-order valence-corrected chi connectivity index (χ0v) is 58.1. The summed E-state index contributed by atoms with van der Waals surface area (Å²) in [5.41, 5.74) is 67.3. The number of hydrogen-bond acceptors (Lipinski definition) is 20. The molecule has 0 bridgehead atoms. The molecule has 568 valence electrons. The minimum Gasteiger partial charge on any atom is -0.480 e. The van der Waals surface area contributed by atoms with E-state index < -0.39 is 138 Å². The molecule has 2 aliphatic heterocycles. The lowest BCUT2D eigenvalue weighted by Crippen LogP contribution is -2.60. The first-order valence-electron chi connectivity index (χ1n) is 34.4. The van der Waals surface area contributed by atoms with E-state index in [1.807, 2.05) is 0 Å². The standard InChI is InChI=1S/C61H116N26O13/c1-35(2)33-43(84-51(93)40(20-11-29-76-60(70)71)80-49(91)39(19-10-28-75-59(68)69)78-47(89)36(65)15-9-27-74-58(66)67)52(94)82-41(18-5-8-26-64)55(97)87-32-14-23-46(87)56(98)86-31-13-22-45(86)54(96)85-44(34-88)53(95)81-37(16-3-6-24-62)48(90)79-38(17-4-7-25-63)50(92)83-42(57(99)100)21-12-30-77-61(72)73/h35-46,88H,3-34,62-65H2,1-2H3,(H,78,89)(H,79,90)(H,80,91)(H,81,95)(H,82,94)(H,83,92)(H,84,93)(H,85,96)(H,99,100)(H4,66,67,74)(H4,68,69,75)(H4,70,71,76)(H4,72,73,77)/t36-,37-,38-,39-,40-,41-,42-,43-,44-,45-,46-/m0/s1. The number of nitrogens with two attached hydrogens (primary N) is 12. The van der Waals surface area contributed by atoms with Gasteiger partial charge in [0.2, 0.25) is 59.1 Å². The van der Waals surface area contributed by atoms with E-state index in [-0.39, 0.29) is 172 Å². The number of carbonyl (C=O) groups excluding carboxylic acids is 10. The van der Waals surface area contributed by atoms with Crippen molar-refractivity contribution in [1.29, 1.82) is 0 Å². The first kappa shape index (κ1) is 87.1. The van der Waals surface area contributed by atoms with Gasteiger partial charge >= 0.3 is 5.97 Å². The molecule has 0 saturated carbocycles. The number of unbranched alkanes of at least 4 members (excludes halogenated alkanes) is 3. The molecule has 2 saturated heterocycles. The Bertz CT molecular complexity index is 2740. The average Bonchev–Trinajstić information content (AvgIpc) is 1.62. The van der Waals surface area contributed by atoms with Gasteiger partial charge in [0.25, 0.3) is 0 Å². The Morgan fingerprint density at radius 2 is 0.740 bits per heavy atom. The first-order chi connectivity index (χ1) is 47.5. The number of carboxylic acids is 1. The normalized spacial score (nSPS) is 16.8. The molecule has 0 aliphatic carbocycles. The molecule has 0 unspecified atom stereocenters. The number of nitrogens with zero attached hydrogens (tertiary/aromatic N) is 6. The van der Waals surface area contributed by atoms with Crippen LogP contribution < -0.4 is 111 Å². The van der Waals surface area contributed by atoms with E-state index in [1.165, 1.54) is 9.80 Å². The summed E-state index contributed by atoms with van der Waals surface area (Å²) in [5, 5.41) is 41.6. The summed E-state index contributed by atoms with van der Waals surface area (Å²) < 4.78 is 0. The van der Waals surface area contributed by atoms with Crippen LogP contribution in [0.25, 0.3) is 0 Å². The Balaban J connectivity index is 2.42. The Morgan fingerprint density at radius 1 is 0.410 bits per heavy atom. The fourth-order valence-electron chi connectivity index (χ4n) is 11.3. The van der Waals surface area contributed by atoms with Gasteiger partial charge in [0.1, 0.15) is 60.4 Å². The molecule has 0 aromatic rings. The van der Waals surface area contributed by atoms with Crippen molar-refractivity contribution in [3.05, 3.63) is 0 Å².